The third-order valence-corrected chi connectivity index (χ3v) is 3.99. The van der Waals surface area contributed by atoms with Crippen molar-refractivity contribution in [1.29, 1.82) is 0 Å². The fraction of sp³-hybridized carbons (Fsp3) is 0.200. The largest absolute Gasteiger partial charge is 0.503 e. The van der Waals surface area contributed by atoms with Crippen molar-refractivity contribution in [2.75, 3.05) is 11.9 Å². The van der Waals surface area contributed by atoms with E-state index in [1.807, 2.05) is 0 Å². The zero-order valence-electron chi connectivity index (χ0n) is 13.2. The number of hydrogen-bond acceptors (Lipinski definition) is 10. The Labute approximate surface area is 155 Å². The van der Waals surface area contributed by atoms with Gasteiger partial charge in [0.2, 0.25) is 11.5 Å². The Morgan fingerprint density at radius 2 is 1.56 bits per heavy atom. The van der Waals surface area contributed by atoms with Gasteiger partial charge in [-0.2, -0.15) is 0 Å². The summed E-state index contributed by atoms with van der Waals surface area (Å²) in [4.78, 5) is 0. The highest BCUT2D eigenvalue weighted by Gasteiger charge is 2.33. The second-order valence-electron chi connectivity index (χ2n) is 5.54. The number of aromatic hydroxyl groups is 3. The van der Waals surface area contributed by atoms with Gasteiger partial charge in [0.25, 0.3) is 0 Å². The molecule has 0 aliphatic rings. The summed E-state index contributed by atoms with van der Waals surface area (Å²) < 4.78 is 14.2. The molecule has 2 aromatic carbocycles. The molecule has 0 aliphatic carbocycles. The van der Waals surface area contributed by atoms with Crippen LogP contribution in [0.2, 0.25) is 5.02 Å². The van der Waals surface area contributed by atoms with E-state index in [9.17, 15) is 45.2 Å². The van der Waals surface area contributed by atoms with Crippen molar-refractivity contribution in [2.24, 2.45) is 0 Å². The standard InChI is InChI=1S/C15H15ClFNO9/c16-8-10(9(17)12(21)13(22)11(8)20)18-7-2-1-5(15(25,26)27)3-6(7)14(23,24)4-19/h1-3,18-27H,4H2. The van der Waals surface area contributed by atoms with Crippen LogP contribution in [0.5, 0.6) is 17.2 Å². The van der Waals surface area contributed by atoms with E-state index < -0.39 is 63.3 Å². The average molecular weight is 408 g/mol. The zero-order valence-corrected chi connectivity index (χ0v) is 14.0. The van der Waals surface area contributed by atoms with E-state index in [0.717, 1.165) is 12.1 Å². The van der Waals surface area contributed by atoms with Gasteiger partial charge < -0.3 is 51.3 Å². The molecule has 0 unspecified atom stereocenters. The number of phenolic OH excluding ortho intramolecular Hbond substituents is 3. The molecule has 0 amide bonds. The van der Waals surface area contributed by atoms with Crippen molar-refractivity contribution < 1.29 is 50.3 Å². The van der Waals surface area contributed by atoms with Crippen molar-refractivity contribution in [3.05, 3.63) is 40.2 Å². The van der Waals surface area contributed by atoms with Crippen LogP contribution in [0.4, 0.5) is 15.8 Å². The van der Waals surface area contributed by atoms with Crippen LogP contribution in [0.15, 0.2) is 18.2 Å². The number of aliphatic hydroxyl groups excluding tert-OH is 1. The Balaban J connectivity index is 2.68. The molecular weight excluding hydrogens is 393 g/mol. The third-order valence-electron chi connectivity index (χ3n) is 3.62. The van der Waals surface area contributed by atoms with Crippen LogP contribution in [0.3, 0.4) is 0 Å². The van der Waals surface area contributed by atoms with Gasteiger partial charge in [0.1, 0.15) is 17.3 Å². The van der Waals surface area contributed by atoms with Crippen molar-refractivity contribution in [1.82, 2.24) is 0 Å². The Hall–Kier alpha value is -2.38. The number of anilines is 2. The molecule has 148 valence electrons. The van der Waals surface area contributed by atoms with Crippen LogP contribution < -0.4 is 5.32 Å². The van der Waals surface area contributed by atoms with E-state index in [4.69, 9.17) is 16.7 Å². The van der Waals surface area contributed by atoms with E-state index in [1.54, 1.807) is 0 Å². The molecule has 0 aliphatic heterocycles. The predicted octanol–water partition coefficient (Wildman–Crippen LogP) is -0.444. The van der Waals surface area contributed by atoms with Gasteiger partial charge in [-0.25, -0.2) is 4.39 Å². The van der Waals surface area contributed by atoms with Crippen LogP contribution in [0, 0.1) is 5.82 Å². The maximum Gasteiger partial charge on any atom is 0.304 e. The average Bonchev–Trinajstić information content (AvgIpc) is 2.61. The lowest BCUT2D eigenvalue weighted by Crippen LogP contribution is -2.32. The Morgan fingerprint density at radius 1 is 0.963 bits per heavy atom. The lowest BCUT2D eigenvalue weighted by Gasteiger charge is -2.26. The molecule has 0 heterocycles. The van der Waals surface area contributed by atoms with Gasteiger partial charge in [0, 0.05) is 16.8 Å². The highest BCUT2D eigenvalue weighted by molar-refractivity contribution is 6.35. The number of hydrogen-bond donors (Lipinski definition) is 10. The first-order chi connectivity index (χ1) is 12.3. The van der Waals surface area contributed by atoms with Gasteiger partial charge in [0.05, 0.1) is 0 Å². The number of benzene rings is 2. The normalized spacial score (nSPS) is 12.3. The summed E-state index contributed by atoms with van der Waals surface area (Å²) in [5.41, 5.74) is -2.46. The first kappa shape index (κ1) is 20.9. The molecule has 0 aromatic heterocycles. The lowest BCUT2D eigenvalue weighted by atomic mass is 9.99. The van der Waals surface area contributed by atoms with Gasteiger partial charge >= 0.3 is 5.97 Å². The summed E-state index contributed by atoms with van der Waals surface area (Å²) in [5.74, 6) is -11.5. The fourth-order valence-electron chi connectivity index (χ4n) is 2.18. The van der Waals surface area contributed by atoms with Crippen LogP contribution in [0.1, 0.15) is 11.1 Å². The molecule has 0 atom stereocenters. The second-order valence-corrected chi connectivity index (χ2v) is 5.92. The quantitative estimate of drug-likeness (QED) is 0.176. The summed E-state index contributed by atoms with van der Waals surface area (Å²) in [6, 6.07) is 2.49. The van der Waals surface area contributed by atoms with Crippen LogP contribution in [-0.4, -0.2) is 52.6 Å². The minimum atomic E-state index is -3.36. The highest BCUT2D eigenvalue weighted by Crippen LogP contribution is 2.48. The van der Waals surface area contributed by atoms with Gasteiger partial charge in [-0.15, -0.1) is 0 Å². The molecule has 0 bridgehead atoms. The summed E-state index contributed by atoms with van der Waals surface area (Å²) in [5, 5.41) is 86.5. The summed E-state index contributed by atoms with van der Waals surface area (Å²) >= 11 is 5.71. The third kappa shape index (κ3) is 3.84. The lowest BCUT2D eigenvalue weighted by molar-refractivity contribution is -0.324. The summed E-state index contributed by atoms with van der Waals surface area (Å²) in [6.07, 6.45) is 0. The molecule has 0 saturated heterocycles. The molecular formula is C15H15ClFNO9. The molecule has 27 heavy (non-hydrogen) atoms. The Morgan fingerprint density at radius 3 is 2.07 bits per heavy atom. The van der Waals surface area contributed by atoms with E-state index in [0.29, 0.717) is 6.07 Å². The number of halogens is 2. The second kappa shape index (κ2) is 6.98. The molecule has 2 aromatic rings. The highest BCUT2D eigenvalue weighted by atomic mass is 35.5. The maximum absolute atomic E-state index is 14.2. The van der Waals surface area contributed by atoms with Crippen molar-refractivity contribution >= 4 is 23.0 Å². The smallest absolute Gasteiger partial charge is 0.304 e. The van der Waals surface area contributed by atoms with Crippen molar-refractivity contribution in [3.63, 3.8) is 0 Å². The molecule has 0 spiro atoms. The van der Waals surface area contributed by atoms with E-state index >= 15 is 0 Å². The molecule has 0 fully saturated rings. The molecule has 0 radical (unpaired) electrons. The number of aliphatic hydroxyl groups is 6. The molecule has 10 nitrogen and oxygen atoms in total. The Kier molecular flexibility index (Phi) is 5.41. The first-order valence-electron chi connectivity index (χ1n) is 7.07. The van der Waals surface area contributed by atoms with Crippen LogP contribution in [-0.2, 0) is 11.8 Å². The first-order valence-corrected chi connectivity index (χ1v) is 7.45. The van der Waals surface area contributed by atoms with Crippen molar-refractivity contribution in [3.8, 4) is 17.2 Å². The predicted molar refractivity (Wildman–Crippen MR) is 87.7 cm³/mol. The molecule has 12 heteroatoms. The van der Waals surface area contributed by atoms with Crippen LogP contribution >= 0.6 is 11.6 Å². The fourth-order valence-corrected chi connectivity index (χ4v) is 2.40. The zero-order chi connectivity index (χ0) is 20.7. The molecule has 0 saturated carbocycles. The van der Waals surface area contributed by atoms with Crippen molar-refractivity contribution in [2.45, 2.75) is 11.8 Å². The van der Waals surface area contributed by atoms with E-state index in [1.165, 1.54) is 0 Å². The summed E-state index contributed by atoms with van der Waals surface area (Å²) in [7, 11) is 0. The van der Waals surface area contributed by atoms with E-state index in [-0.39, 0.29) is 5.69 Å². The van der Waals surface area contributed by atoms with Gasteiger partial charge in [-0.05, 0) is 18.2 Å². The van der Waals surface area contributed by atoms with Gasteiger partial charge in [-0.1, -0.05) is 11.6 Å². The number of phenols is 3. The monoisotopic (exact) mass is 407 g/mol. The molecule has 2 rings (SSSR count). The number of rotatable bonds is 5. The minimum absolute atomic E-state index is 0.382. The molecule has 10 N–H and O–H groups in total. The maximum atomic E-state index is 14.2. The van der Waals surface area contributed by atoms with Gasteiger partial charge in [0.15, 0.2) is 17.3 Å². The summed E-state index contributed by atoms with van der Waals surface area (Å²) in [6.45, 7) is -1.29. The van der Waals surface area contributed by atoms with Crippen LogP contribution in [0.25, 0.3) is 0 Å². The SMILES string of the molecule is OCC(O)(O)c1cc(C(O)(O)O)ccc1Nc1c(F)c(O)c(O)c(O)c1Cl. The topological polar surface area (TPSA) is 194 Å². The van der Waals surface area contributed by atoms with E-state index in [2.05, 4.69) is 5.32 Å². The minimum Gasteiger partial charge on any atom is -0.503 e. The Bertz CT molecular complexity index is 854. The number of nitrogens with one attached hydrogen (secondary N) is 1. The van der Waals surface area contributed by atoms with Gasteiger partial charge in [-0.3, -0.25) is 0 Å².